The van der Waals surface area contributed by atoms with Gasteiger partial charge in [0.15, 0.2) is 6.10 Å². The van der Waals surface area contributed by atoms with Crippen molar-refractivity contribution < 1.29 is 28.6 Å². The maximum Gasteiger partial charge on any atom is 0.306 e. The van der Waals surface area contributed by atoms with E-state index in [9.17, 15) is 14.4 Å². The van der Waals surface area contributed by atoms with Crippen LogP contribution in [0.5, 0.6) is 0 Å². The minimum atomic E-state index is -0.761. The van der Waals surface area contributed by atoms with Gasteiger partial charge in [0.25, 0.3) is 0 Å². The molecule has 0 heterocycles. The summed E-state index contributed by atoms with van der Waals surface area (Å²) in [6, 6.07) is 0. The molecule has 6 heteroatoms. The number of rotatable bonds is 60. The van der Waals surface area contributed by atoms with Gasteiger partial charge in [0.05, 0.1) is 0 Å². The van der Waals surface area contributed by atoms with Gasteiger partial charge in [-0.3, -0.25) is 14.4 Å². The first-order chi connectivity index (χ1) is 34.5. The van der Waals surface area contributed by atoms with E-state index < -0.39 is 6.10 Å². The maximum atomic E-state index is 12.9. The van der Waals surface area contributed by atoms with Gasteiger partial charge in [-0.05, 0) is 19.3 Å². The van der Waals surface area contributed by atoms with Gasteiger partial charge in [-0.15, -0.1) is 0 Å². The van der Waals surface area contributed by atoms with Gasteiger partial charge in [-0.25, -0.2) is 0 Å². The van der Waals surface area contributed by atoms with Crippen molar-refractivity contribution in [2.45, 2.75) is 380 Å². The first kappa shape index (κ1) is 68.4. The molecule has 0 bridgehead atoms. The molecule has 0 aliphatic heterocycles. The molecule has 0 fully saturated rings. The summed E-state index contributed by atoms with van der Waals surface area (Å²) < 4.78 is 16.9. The lowest BCUT2D eigenvalue weighted by atomic mass is 10.0. The summed E-state index contributed by atoms with van der Waals surface area (Å²) in [5.41, 5.74) is 0. The normalized spacial score (nSPS) is 11.9. The van der Waals surface area contributed by atoms with Gasteiger partial charge in [0.1, 0.15) is 13.2 Å². The third kappa shape index (κ3) is 57.3. The Labute approximate surface area is 438 Å². The molecule has 416 valence electrons. The van der Waals surface area contributed by atoms with Crippen LogP contribution in [-0.4, -0.2) is 37.2 Å². The summed E-state index contributed by atoms with van der Waals surface area (Å²) in [5, 5.41) is 0. The number of unbranched alkanes of at least 4 members (excludes halogenated alkanes) is 49. The van der Waals surface area contributed by atoms with E-state index in [-0.39, 0.29) is 31.1 Å². The first-order valence-corrected chi connectivity index (χ1v) is 32.0. The van der Waals surface area contributed by atoms with Crippen LogP contribution in [0.25, 0.3) is 0 Å². The van der Waals surface area contributed by atoms with Crippen molar-refractivity contribution in [3.05, 3.63) is 0 Å². The zero-order valence-corrected chi connectivity index (χ0v) is 47.8. The Balaban J connectivity index is 4.05. The minimum absolute atomic E-state index is 0.0615. The predicted octanol–water partition coefficient (Wildman–Crippen LogP) is 21.5. The highest BCUT2D eigenvalue weighted by Gasteiger charge is 2.19. The third-order valence-corrected chi connectivity index (χ3v) is 14.9. The molecule has 0 amide bonds. The fourth-order valence-corrected chi connectivity index (χ4v) is 10.0. The Morgan fingerprint density at radius 2 is 0.386 bits per heavy atom. The van der Waals surface area contributed by atoms with E-state index >= 15 is 0 Å². The summed E-state index contributed by atoms with van der Waals surface area (Å²) in [6.07, 6.45) is 68.6. The SMILES string of the molecule is CCCCCCCCCCCCCCCCCCCCCCCCCC(=O)OCC(COC(=O)CCCCCCCCC)OC(=O)CCCCCCCCCCCCCCCCCCCCCCCC. The van der Waals surface area contributed by atoms with E-state index in [1.807, 2.05) is 0 Å². The molecule has 1 unspecified atom stereocenters. The first-order valence-electron chi connectivity index (χ1n) is 32.0. The monoisotopic (exact) mass is 989 g/mol. The number of esters is 3. The van der Waals surface area contributed by atoms with Crippen LogP contribution in [0.3, 0.4) is 0 Å². The largest absolute Gasteiger partial charge is 0.462 e. The second-order valence-corrected chi connectivity index (χ2v) is 22.1. The quantitative estimate of drug-likeness (QED) is 0.0343. The highest BCUT2D eigenvalue weighted by Crippen LogP contribution is 2.19. The Morgan fingerprint density at radius 1 is 0.229 bits per heavy atom. The standard InChI is InChI=1S/C64H124O6/c1-4-7-10-13-16-18-20-22-24-26-28-30-32-34-35-37-39-41-43-45-48-51-54-57-63(66)69-60-61(59-68-62(65)56-53-50-47-15-12-9-6-3)70-64(67)58-55-52-49-46-44-42-40-38-36-33-31-29-27-25-23-21-19-17-14-11-8-5-2/h61H,4-60H2,1-3H3. The Hall–Kier alpha value is -1.59. The van der Waals surface area contributed by atoms with Crippen LogP contribution >= 0.6 is 0 Å². The lowest BCUT2D eigenvalue weighted by molar-refractivity contribution is -0.167. The van der Waals surface area contributed by atoms with Crippen LogP contribution < -0.4 is 0 Å². The topological polar surface area (TPSA) is 78.9 Å². The van der Waals surface area contributed by atoms with Crippen LogP contribution in [0.1, 0.15) is 374 Å². The fraction of sp³-hybridized carbons (Fsp3) is 0.953. The lowest BCUT2D eigenvalue weighted by Crippen LogP contribution is -2.30. The fourth-order valence-electron chi connectivity index (χ4n) is 10.0. The molecule has 0 N–H and O–H groups in total. The number of hydrogen-bond donors (Lipinski definition) is 0. The van der Waals surface area contributed by atoms with E-state index in [0.717, 1.165) is 57.8 Å². The van der Waals surface area contributed by atoms with Crippen molar-refractivity contribution in [2.24, 2.45) is 0 Å². The number of ether oxygens (including phenoxy) is 3. The third-order valence-electron chi connectivity index (χ3n) is 14.9. The molecule has 6 nitrogen and oxygen atoms in total. The zero-order chi connectivity index (χ0) is 50.7. The average Bonchev–Trinajstić information content (AvgIpc) is 3.36. The Bertz CT molecular complexity index is 1040. The Morgan fingerprint density at radius 3 is 0.571 bits per heavy atom. The van der Waals surface area contributed by atoms with Crippen LogP contribution in [0, 0.1) is 0 Å². The van der Waals surface area contributed by atoms with Crippen LogP contribution in [0.15, 0.2) is 0 Å². The molecule has 0 radical (unpaired) electrons. The van der Waals surface area contributed by atoms with Crippen molar-refractivity contribution in [3.8, 4) is 0 Å². The number of carbonyl (C=O) groups is 3. The van der Waals surface area contributed by atoms with Gasteiger partial charge in [-0.2, -0.15) is 0 Å². The predicted molar refractivity (Wildman–Crippen MR) is 303 cm³/mol. The van der Waals surface area contributed by atoms with E-state index in [1.165, 1.54) is 276 Å². The highest BCUT2D eigenvalue weighted by atomic mass is 16.6. The molecule has 0 aromatic heterocycles. The van der Waals surface area contributed by atoms with E-state index in [2.05, 4.69) is 20.8 Å². The highest BCUT2D eigenvalue weighted by molar-refractivity contribution is 5.71. The Kier molecular flexibility index (Phi) is 58.6. The molecule has 0 aromatic rings. The lowest BCUT2D eigenvalue weighted by Gasteiger charge is -2.18. The second kappa shape index (κ2) is 60.0. The van der Waals surface area contributed by atoms with Gasteiger partial charge in [0, 0.05) is 19.3 Å². The van der Waals surface area contributed by atoms with Gasteiger partial charge in [-0.1, -0.05) is 335 Å². The van der Waals surface area contributed by atoms with E-state index in [0.29, 0.717) is 19.3 Å². The molecule has 0 aromatic carbocycles. The van der Waals surface area contributed by atoms with Crippen LogP contribution in [0.2, 0.25) is 0 Å². The van der Waals surface area contributed by atoms with Crippen LogP contribution in [0.4, 0.5) is 0 Å². The minimum Gasteiger partial charge on any atom is -0.462 e. The molecule has 0 saturated heterocycles. The summed E-state index contributed by atoms with van der Waals surface area (Å²) in [4.78, 5) is 38.1. The van der Waals surface area contributed by atoms with E-state index in [4.69, 9.17) is 14.2 Å². The smallest absolute Gasteiger partial charge is 0.306 e. The molecule has 0 rings (SSSR count). The van der Waals surface area contributed by atoms with Crippen molar-refractivity contribution in [1.82, 2.24) is 0 Å². The number of hydrogen-bond acceptors (Lipinski definition) is 6. The van der Waals surface area contributed by atoms with Crippen molar-refractivity contribution in [1.29, 1.82) is 0 Å². The summed E-state index contributed by atoms with van der Waals surface area (Å²) >= 11 is 0. The molecule has 1 atom stereocenters. The summed E-state index contributed by atoms with van der Waals surface area (Å²) in [6.45, 7) is 6.68. The molecule has 0 aliphatic carbocycles. The van der Waals surface area contributed by atoms with Crippen molar-refractivity contribution in [2.75, 3.05) is 13.2 Å². The molecular weight excluding hydrogens is 865 g/mol. The molecule has 70 heavy (non-hydrogen) atoms. The summed E-state index contributed by atoms with van der Waals surface area (Å²) in [7, 11) is 0. The maximum absolute atomic E-state index is 12.9. The average molecular weight is 990 g/mol. The van der Waals surface area contributed by atoms with Gasteiger partial charge in [0.2, 0.25) is 0 Å². The number of carbonyl (C=O) groups excluding carboxylic acids is 3. The molecular formula is C64H124O6. The molecule has 0 saturated carbocycles. The molecule has 0 spiro atoms. The molecule has 0 aliphatic rings. The van der Waals surface area contributed by atoms with E-state index in [1.54, 1.807) is 0 Å². The second-order valence-electron chi connectivity index (χ2n) is 22.1. The van der Waals surface area contributed by atoms with Crippen molar-refractivity contribution in [3.63, 3.8) is 0 Å². The van der Waals surface area contributed by atoms with Gasteiger partial charge < -0.3 is 14.2 Å². The zero-order valence-electron chi connectivity index (χ0n) is 47.8. The van der Waals surface area contributed by atoms with Crippen molar-refractivity contribution >= 4 is 17.9 Å². The van der Waals surface area contributed by atoms with Gasteiger partial charge >= 0.3 is 17.9 Å². The van der Waals surface area contributed by atoms with Crippen LogP contribution in [-0.2, 0) is 28.6 Å². The summed E-state index contributed by atoms with van der Waals surface area (Å²) in [5.74, 6) is -0.837.